The maximum Gasteiger partial charge on any atom is 0.223 e. The van der Waals surface area contributed by atoms with Gasteiger partial charge in [0.2, 0.25) is 5.91 Å². The molecule has 1 fully saturated rings. The van der Waals surface area contributed by atoms with Crippen LogP contribution in [0, 0.1) is 0 Å². The highest BCUT2D eigenvalue weighted by molar-refractivity contribution is 6.30. The molecule has 144 valence electrons. The Bertz CT molecular complexity index is 934. The Kier molecular flexibility index (Phi) is 5.63. The van der Waals surface area contributed by atoms with Crippen LogP contribution in [0.4, 0.5) is 5.69 Å². The molecule has 1 amide bonds. The number of anilines is 1. The Morgan fingerprint density at radius 1 is 1.04 bits per heavy atom. The number of benzene rings is 2. The van der Waals surface area contributed by atoms with Gasteiger partial charge in [-0.15, -0.1) is 0 Å². The highest BCUT2D eigenvalue weighted by atomic mass is 35.5. The zero-order valence-corrected chi connectivity index (χ0v) is 16.3. The van der Waals surface area contributed by atoms with Gasteiger partial charge in [-0.3, -0.25) is 4.79 Å². The van der Waals surface area contributed by atoms with Gasteiger partial charge in [-0.05, 0) is 18.2 Å². The minimum absolute atomic E-state index is 0.144. The van der Waals surface area contributed by atoms with E-state index in [9.17, 15) is 4.79 Å². The average molecular weight is 396 g/mol. The molecule has 0 unspecified atom stereocenters. The summed E-state index contributed by atoms with van der Waals surface area (Å²) in [4.78, 5) is 21.1. The van der Waals surface area contributed by atoms with Gasteiger partial charge < -0.3 is 14.2 Å². The molecule has 1 aromatic heterocycles. The highest BCUT2D eigenvalue weighted by Gasteiger charge is 2.21. The van der Waals surface area contributed by atoms with Crippen molar-refractivity contribution < 1.29 is 9.21 Å². The summed E-state index contributed by atoms with van der Waals surface area (Å²) in [6.45, 7) is 3.05. The van der Waals surface area contributed by atoms with E-state index in [-0.39, 0.29) is 5.91 Å². The number of aryl methyl sites for hydroxylation is 1. The summed E-state index contributed by atoms with van der Waals surface area (Å²) < 4.78 is 5.79. The zero-order valence-electron chi connectivity index (χ0n) is 15.6. The van der Waals surface area contributed by atoms with E-state index in [2.05, 4.69) is 16.0 Å². The van der Waals surface area contributed by atoms with Crippen molar-refractivity contribution in [2.45, 2.75) is 12.8 Å². The molecule has 1 aliphatic heterocycles. The number of hydrogen-bond donors (Lipinski definition) is 0. The van der Waals surface area contributed by atoms with Gasteiger partial charge in [0.05, 0.1) is 6.20 Å². The van der Waals surface area contributed by atoms with Crippen molar-refractivity contribution >= 4 is 23.2 Å². The molecular weight excluding hydrogens is 374 g/mol. The van der Waals surface area contributed by atoms with Crippen molar-refractivity contribution in [1.29, 1.82) is 0 Å². The van der Waals surface area contributed by atoms with Crippen LogP contribution in [0.3, 0.4) is 0 Å². The Balaban J connectivity index is 1.28. The number of nitrogens with zero attached hydrogens (tertiary/aromatic N) is 3. The van der Waals surface area contributed by atoms with E-state index in [0.717, 1.165) is 35.1 Å². The van der Waals surface area contributed by atoms with Crippen LogP contribution in [-0.4, -0.2) is 42.0 Å². The van der Waals surface area contributed by atoms with Crippen molar-refractivity contribution in [2.75, 3.05) is 31.1 Å². The fourth-order valence-corrected chi connectivity index (χ4v) is 3.61. The third-order valence-corrected chi connectivity index (χ3v) is 5.21. The molecule has 3 aromatic rings. The van der Waals surface area contributed by atoms with Crippen LogP contribution in [0.15, 0.2) is 65.2 Å². The lowest BCUT2D eigenvalue weighted by molar-refractivity contribution is -0.131. The number of halogens is 1. The summed E-state index contributed by atoms with van der Waals surface area (Å²) in [5, 5.41) is 0.733. The molecular formula is C22H22ClN3O2. The van der Waals surface area contributed by atoms with Crippen molar-refractivity contribution in [2.24, 2.45) is 0 Å². The van der Waals surface area contributed by atoms with E-state index in [1.807, 2.05) is 53.4 Å². The number of carbonyl (C=O) groups is 1. The molecule has 2 heterocycles. The first kappa shape index (κ1) is 18.6. The second-order valence-electron chi connectivity index (χ2n) is 6.83. The van der Waals surface area contributed by atoms with Crippen LogP contribution >= 0.6 is 11.6 Å². The molecule has 6 heteroatoms. The largest absolute Gasteiger partial charge is 0.441 e. The smallest absolute Gasteiger partial charge is 0.223 e. The Morgan fingerprint density at radius 2 is 1.82 bits per heavy atom. The van der Waals surface area contributed by atoms with E-state index in [1.54, 1.807) is 6.20 Å². The predicted octanol–water partition coefficient (Wildman–Crippen LogP) is 4.28. The maximum atomic E-state index is 12.6. The van der Waals surface area contributed by atoms with Gasteiger partial charge in [0.1, 0.15) is 0 Å². The predicted molar refractivity (Wildman–Crippen MR) is 111 cm³/mol. The molecule has 0 aliphatic carbocycles. The topological polar surface area (TPSA) is 49.6 Å². The first-order valence-electron chi connectivity index (χ1n) is 9.47. The number of aromatic nitrogens is 1. The van der Waals surface area contributed by atoms with E-state index >= 15 is 0 Å². The van der Waals surface area contributed by atoms with Crippen molar-refractivity contribution in [3.05, 3.63) is 71.7 Å². The van der Waals surface area contributed by atoms with E-state index in [4.69, 9.17) is 16.0 Å². The number of oxazole rings is 1. The summed E-state index contributed by atoms with van der Waals surface area (Å²) in [6, 6.07) is 17.7. The number of rotatable bonds is 5. The van der Waals surface area contributed by atoms with Gasteiger partial charge in [-0.25, -0.2) is 4.98 Å². The molecule has 0 spiro atoms. The Hall–Kier alpha value is -2.79. The first-order chi connectivity index (χ1) is 13.7. The molecule has 0 N–H and O–H groups in total. The number of piperazine rings is 1. The van der Waals surface area contributed by atoms with Gasteiger partial charge in [-0.1, -0.05) is 48.0 Å². The lowest BCUT2D eigenvalue weighted by Crippen LogP contribution is -2.48. The lowest BCUT2D eigenvalue weighted by Gasteiger charge is -2.36. The normalized spacial score (nSPS) is 14.3. The number of carbonyl (C=O) groups excluding carboxylic acids is 1. The SMILES string of the molecule is O=C(CCc1ncc(-c2ccccc2)o1)N1CCN(c2cccc(Cl)c2)CC1. The van der Waals surface area contributed by atoms with Crippen LogP contribution in [0.2, 0.25) is 5.02 Å². The lowest BCUT2D eigenvalue weighted by atomic mass is 10.2. The van der Waals surface area contributed by atoms with Gasteiger partial charge in [0.15, 0.2) is 11.7 Å². The zero-order chi connectivity index (χ0) is 19.3. The van der Waals surface area contributed by atoms with Gasteiger partial charge in [0.25, 0.3) is 0 Å². The summed E-state index contributed by atoms with van der Waals surface area (Å²) in [5.41, 5.74) is 2.09. The number of amides is 1. The molecule has 0 radical (unpaired) electrons. The third-order valence-electron chi connectivity index (χ3n) is 4.97. The minimum atomic E-state index is 0.144. The molecule has 0 saturated carbocycles. The van der Waals surface area contributed by atoms with Gasteiger partial charge >= 0.3 is 0 Å². The second kappa shape index (κ2) is 8.48. The van der Waals surface area contributed by atoms with Gasteiger partial charge in [0, 0.05) is 55.3 Å². The number of hydrogen-bond acceptors (Lipinski definition) is 4. The van der Waals surface area contributed by atoms with Crippen molar-refractivity contribution in [1.82, 2.24) is 9.88 Å². The Labute approximate surface area is 169 Å². The van der Waals surface area contributed by atoms with Crippen LogP contribution in [0.5, 0.6) is 0 Å². The molecule has 5 nitrogen and oxygen atoms in total. The fraction of sp³-hybridized carbons (Fsp3) is 0.273. The maximum absolute atomic E-state index is 12.6. The van der Waals surface area contributed by atoms with Gasteiger partial charge in [-0.2, -0.15) is 0 Å². The van der Waals surface area contributed by atoms with E-state index in [0.29, 0.717) is 31.8 Å². The van der Waals surface area contributed by atoms with Crippen molar-refractivity contribution in [3.63, 3.8) is 0 Å². The average Bonchev–Trinajstić information content (AvgIpc) is 3.22. The monoisotopic (exact) mass is 395 g/mol. The minimum Gasteiger partial charge on any atom is -0.441 e. The van der Waals surface area contributed by atoms with Crippen LogP contribution in [0.25, 0.3) is 11.3 Å². The fourth-order valence-electron chi connectivity index (χ4n) is 3.42. The Morgan fingerprint density at radius 3 is 2.57 bits per heavy atom. The molecule has 2 aromatic carbocycles. The molecule has 1 aliphatic rings. The third kappa shape index (κ3) is 4.37. The molecule has 1 saturated heterocycles. The molecule has 28 heavy (non-hydrogen) atoms. The summed E-state index contributed by atoms with van der Waals surface area (Å²) in [5.74, 6) is 1.48. The van der Waals surface area contributed by atoms with Crippen molar-refractivity contribution in [3.8, 4) is 11.3 Å². The molecule has 0 atom stereocenters. The summed E-state index contributed by atoms with van der Waals surface area (Å²) in [6.07, 6.45) is 2.64. The van der Waals surface area contributed by atoms with Crippen LogP contribution in [-0.2, 0) is 11.2 Å². The quantitative estimate of drug-likeness (QED) is 0.647. The van der Waals surface area contributed by atoms with E-state index in [1.165, 1.54) is 0 Å². The van der Waals surface area contributed by atoms with E-state index < -0.39 is 0 Å². The highest BCUT2D eigenvalue weighted by Crippen LogP contribution is 2.22. The van der Waals surface area contributed by atoms with Crippen LogP contribution < -0.4 is 4.90 Å². The summed E-state index contributed by atoms with van der Waals surface area (Å²) in [7, 11) is 0. The van der Waals surface area contributed by atoms with Crippen LogP contribution in [0.1, 0.15) is 12.3 Å². The molecule has 4 rings (SSSR count). The summed E-state index contributed by atoms with van der Waals surface area (Å²) >= 11 is 6.08. The first-order valence-corrected chi connectivity index (χ1v) is 9.85. The standard InChI is InChI=1S/C22H22ClN3O2/c23-18-7-4-8-19(15-18)25-11-13-26(14-12-25)22(27)10-9-21-24-16-20(28-21)17-5-2-1-3-6-17/h1-8,15-16H,9-14H2. The second-order valence-corrected chi connectivity index (χ2v) is 7.27. The molecule has 0 bridgehead atoms.